The Bertz CT molecular complexity index is 652. The number of amides is 1. The lowest BCUT2D eigenvalue weighted by atomic mass is 10.1. The molecule has 0 aliphatic carbocycles. The molecule has 96 valence electrons. The standard InChI is InChI=1S/C13H10BrN3O2/c14-9-1-2-10-11(7-9)17(13(19)12(10)18)6-5-16-4-3-15-8-16/h1-4,7-8H,5-6H2. The minimum atomic E-state index is -0.465. The Hall–Kier alpha value is -1.95. The monoisotopic (exact) mass is 319 g/mol. The minimum Gasteiger partial charge on any atom is -0.336 e. The lowest BCUT2D eigenvalue weighted by Gasteiger charge is -2.16. The number of hydrogen-bond donors (Lipinski definition) is 0. The molecule has 1 aromatic heterocycles. The van der Waals surface area contributed by atoms with Gasteiger partial charge < -0.3 is 9.47 Å². The summed E-state index contributed by atoms with van der Waals surface area (Å²) in [6, 6.07) is 5.24. The third-order valence-corrected chi connectivity index (χ3v) is 3.57. The fourth-order valence-electron chi connectivity index (χ4n) is 2.12. The highest BCUT2D eigenvalue weighted by molar-refractivity contribution is 9.10. The van der Waals surface area contributed by atoms with Crippen molar-refractivity contribution in [1.82, 2.24) is 9.55 Å². The van der Waals surface area contributed by atoms with E-state index >= 15 is 0 Å². The first-order valence-corrected chi connectivity index (χ1v) is 6.57. The molecule has 1 aromatic carbocycles. The van der Waals surface area contributed by atoms with Crippen molar-refractivity contribution >= 4 is 33.3 Å². The Balaban J connectivity index is 1.88. The zero-order chi connectivity index (χ0) is 13.4. The van der Waals surface area contributed by atoms with Gasteiger partial charge in [0.15, 0.2) is 0 Å². The van der Waals surface area contributed by atoms with Crippen LogP contribution in [0.4, 0.5) is 5.69 Å². The van der Waals surface area contributed by atoms with Crippen LogP contribution in [0, 0.1) is 0 Å². The van der Waals surface area contributed by atoms with E-state index in [2.05, 4.69) is 20.9 Å². The summed E-state index contributed by atoms with van der Waals surface area (Å²) < 4.78 is 2.72. The van der Waals surface area contributed by atoms with Crippen LogP contribution in [0.3, 0.4) is 0 Å². The van der Waals surface area contributed by atoms with Gasteiger partial charge in [-0.1, -0.05) is 15.9 Å². The number of Topliss-reactive ketones (excluding diaryl/α,β-unsaturated/α-hetero) is 1. The molecule has 0 spiro atoms. The van der Waals surface area contributed by atoms with E-state index in [-0.39, 0.29) is 0 Å². The minimum absolute atomic E-state index is 0.437. The molecular weight excluding hydrogens is 310 g/mol. The summed E-state index contributed by atoms with van der Waals surface area (Å²) in [6.45, 7) is 1.05. The van der Waals surface area contributed by atoms with Crippen molar-refractivity contribution in [1.29, 1.82) is 0 Å². The molecule has 3 rings (SSSR count). The molecule has 6 heteroatoms. The molecule has 2 aromatic rings. The van der Waals surface area contributed by atoms with Gasteiger partial charge in [-0.2, -0.15) is 0 Å². The van der Waals surface area contributed by atoms with E-state index in [1.54, 1.807) is 30.7 Å². The van der Waals surface area contributed by atoms with E-state index in [0.717, 1.165) is 4.47 Å². The normalized spacial score (nSPS) is 14.1. The van der Waals surface area contributed by atoms with Gasteiger partial charge in [0, 0.05) is 30.0 Å². The molecular formula is C13H10BrN3O2. The number of halogens is 1. The lowest BCUT2D eigenvalue weighted by molar-refractivity contribution is -0.114. The summed E-state index contributed by atoms with van der Waals surface area (Å²) in [5, 5.41) is 0. The Kier molecular flexibility index (Phi) is 2.94. The predicted molar refractivity (Wildman–Crippen MR) is 73.1 cm³/mol. The number of hydrogen-bond acceptors (Lipinski definition) is 3. The van der Waals surface area contributed by atoms with Crippen LogP contribution in [-0.4, -0.2) is 27.8 Å². The summed E-state index contributed by atoms with van der Waals surface area (Å²) in [5.41, 5.74) is 1.14. The summed E-state index contributed by atoms with van der Waals surface area (Å²) in [5.74, 6) is -0.902. The van der Waals surface area contributed by atoms with Crippen LogP contribution in [0.5, 0.6) is 0 Å². The van der Waals surface area contributed by atoms with Crippen molar-refractivity contribution in [3.05, 3.63) is 47.0 Å². The van der Waals surface area contributed by atoms with Crippen molar-refractivity contribution in [3.8, 4) is 0 Å². The Labute approximate surface area is 118 Å². The van der Waals surface area contributed by atoms with Crippen LogP contribution in [-0.2, 0) is 11.3 Å². The maximum atomic E-state index is 12.0. The summed E-state index contributed by atoms with van der Waals surface area (Å²) >= 11 is 3.36. The van der Waals surface area contributed by atoms with Gasteiger partial charge in [-0.3, -0.25) is 9.59 Å². The molecule has 2 heterocycles. The van der Waals surface area contributed by atoms with Gasteiger partial charge in [-0.05, 0) is 18.2 Å². The quantitative estimate of drug-likeness (QED) is 0.812. The predicted octanol–water partition coefficient (Wildman–Crippen LogP) is 1.88. The molecule has 0 unspecified atom stereocenters. The molecule has 5 nitrogen and oxygen atoms in total. The number of ketones is 1. The first-order chi connectivity index (χ1) is 9.16. The first kappa shape index (κ1) is 12.1. The van der Waals surface area contributed by atoms with Crippen LogP contribution < -0.4 is 4.90 Å². The van der Waals surface area contributed by atoms with Gasteiger partial charge in [-0.15, -0.1) is 0 Å². The van der Waals surface area contributed by atoms with E-state index in [1.807, 2.05) is 10.8 Å². The Morgan fingerprint density at radius 2 is 2.05 bits per heavy atom. The number of carbonyl (C=O) groups is 2. The maximum Gasteiger partial charge on any atom is 0.299 e. The fourth-order valence-corrected chi connectivity index (χ4v) is 2.47. The fraction of sp³-hybridized carbons (Fsp3) is 0.154. The average molecular weight is 320 g/mol. The van der Waals surface area contributed by atoms with Crippen LogP contribution in [0.2, 0.25) is 0 Å². The summed E-state index contributed by atoms with van der Waals surface area (Å²) in [6.07, 6.45) is 5.19. The number of anilines is 1. The first-order valence-electron chi connectivity index (χ1n) is 5.78. The molecule has 0 saturated carbocycles. The van der Waals surface area contributed by atoms with Crippen molar-refractivity contribution < 1.29 is 9.59 Å². The average Bonchev–Trinajstić information content (AvgIpc) is 2.98. The van der Waals surface area contributed by atoms with Gasteiger partial charge in [0.05, 0.1) is 17.6 Å². The maximum absolute atomic E-state index is 12.0. The second-order valence-corrected chi connectivity index (χ2v) is 5.16. The lowest BCUT2D eigenvalue weighted by Crippen LogP contribution is -2.32. The van der Waals surface area contributed by atoms with Gasteiger partial charge in [-0.25, -0.2) is 4.98 Å². The van der Waals surface area contributed by atoms with E-state index in [9.17, 15) is 9.59 Å². The molecule has 19 heavy (non-hydrogen) atoms. The second kappa shape index (κ2) is 4.62. The zero-order valence-corrected chi connectivity index (χ0v) is 11.5. The third-order valence-electron chi connectivity index (χ3n) is 3.08. The number of rotatable bonds is 3. The summed E-state index contributed by atoms with van der Waals surface area (Å²) in [4.78, 5) is 29.3. The van der Waals surface area contributed by atoms with Gasteiger partial charge in [0.25, 0.3) is 11.7 Å². The Morgan fingerprint density at radius 1 is 1.21 bits per heavy atom. The molecule has 0 bridgehead atoms. The smallest absolute Gasteiger partial charge is 0.299 e. The third kappa shape index (κ3) is 2.08. The van der Waals surface area contributed by atoms with Gasteiger partial charge in [0.2, 0.25) is 0 Å². The molecule has 0 radical (unpaired) electrons. The SMILES string of the molecule is O=C1C(=O)N(CCn2ccnc2)c2cc(Br)ccc21. The molecule has 0 N–H and O–H groups in total. The molecule has 0 atom stereocenters. The van der Waals surface area contributed by atoms with E-state index < -0.39 is 11.7 Å². The van der Waals surface area contributed by atoms with E-state index in [0.29, 0.717) is 24.3 Å². The van der Waals surface area contributed by atoms with E-state index in [4.69, 9.17) is 0 Å². The highest BCUT2D eigenvalue weighted by Crippen LogP contribution is 2.31. The number of imidazole rings is 1. The van der Waals surface area contributed by atoms with Crippen molar-refractivity contribution in [2.45, 2.75) is 6.54 Å². The Morgan fingerprint density at radius 3 is 2.79 bits per heavy atom. The number of aromatic nitrogens is 2. The number of fused-ring (bicyclic) bond motifs is 1. The largest absolute Gasteiger partial charge is 0.336 e. The molecule has 0 saturated heterocycles. The van der Waals surface area contributed by atoms with Gasteiger partial charge in [0.1, 0.15) is 0 Å². The van der Waals surface area contributed by atoms with Crippen LogP contribution in [0.25, 0.3) is 0 Å². The summed E-state index contributed by atoms with van der Waals surface area (Å²) in [7, 11) is 0. The van der Waals surface area contributed by atoms with Crippen LogP contribution in [0.15, 0.2) is 41.4 Å². The molecule has 1 aliphatic heterocycles. The highest BCUT2D eigenvalue weighted by atomic mass is 79.9. The molecule has 0 fully saturated rings. The number of carbonyl (C=O) groups excluding carboxylic acids is 2. The van der Waals surface area contributed by atoms with Crippen LogP contribution in [0.1, 0.15) is 10.4 Å². The van der Waals surface area contributed by atoms with Crippen molar-refractivity contribution in [2.24, 2.45) is 0 Å². The second-order valence-electron chi connectivity index (χ2n) is 4.25. The van der Waals surface area contributed by atoms with Crippen molar-refractivity contribution in [2.75, 3.05) is 11.4 Å². The topological polar surface area (TPSA) is 55.2 Å². The molecule has 1 aliphatic rings. The van der Waals surface area contributed by atoms with Crippen molar-refractivity contribution in [3.63, 3.8) is 0 Å². The van der Waals surface area contributed by atoms with Crippen LogP contribution >= 0.6 is 15.9 Å². The number of nitrogens with zero attached hydrogens (tertiary/aromatic N) is 3. The van der Waals surface area contributed by atoms with E-state index in [1.165, 1.54) is 4.90 Å². The molecule has 1 amide bonds. The number of benzene rings is 1. The van der Waals surface area contributed by atoms with Gasteiger partial charge >= 0.3 is 0 Å². The zero-order valence-electron chi connectivity index (χ0n) is 9.91. The highest BCUT2D eigenvalue weighted by Gasteiger charge is 2.35.